The molecule has 0 saturated carbocycles. The van der Waals surface area contributed by atoms with Crippen molar-refractivity contribution in [2.24, 2.45) is 0 Å². The minimum Gasteiger partial charge on any atom is -0.421 e. The van der Waals surface area contributed by atoms with Crippen LogP contribution in [0.3, 0.4) is 0 Å². The average molecular weight is 422 g/mol. The van der Waals surface area contributed by atoms with Crippen LogP contribution in [0.1, 0.15) is 21.5 Å². The van der Waals surface area contributed by atoms with E-state index in [9.17, 15) is 18.1 Å². The molecule has 8 heteroatoms. The first-order valence-electron chi connectivity index (χ1n) is 8.32. The van der Waals surface area contributed by atoms with Crippen LogP contribution < -0.4 is 4.52 Å². The number of hydrogen-bond donors (Lipinski definition) is 1. The summed E-state index contributed by atoms with van der Waals surface area (Å²) in [6, 6.07) is 17.8. The lowest BCUT2D eigenvalue weighted by Crippen LogP contribution is -2.00. The van der Waals surface area contributed by atoms with Gasteiger partial charge in [0.1, 0.15) is 12.0 Å². The van der Waals surface area contributed by atoms with E-state index in [2.05, 4.69) is 10.6 Å². The van der Waals surface area contributed by atoms with Crippen molar-refractivity contribution < 1.29 is 27.6 Å². The van der Waals surface area contributed by atoms with Gasteiger partial charge < -0.3 is 9.42 Å². The van der Waals surface area contributed by atoms with E-state index in [4.69, 9.17) is 4.89 Å². The quantitative estimate of drug-likeness (QED) is 0.363. The molecule has 0 radical (unpaired) electrons. The van der Waals surface area contributed by atoms with Gasteiger partial charge in [-0.2, -0.15) is 20.5 Å². The van der Waals surface area contributed by atoms with E-state index in [1.165, 1.54) is 12.1 Å². The second-order valence-electron chi connectivity index (χ2n) is 6.13. The van der Waals surface area contributed by atoms with Crippen LogP contribution >= 0.6 is 19.4 Å². The Bertz CT molecular complexity index is 1020. The number of rotatable bonds is 8. The molecule has 0 aliphatic heterocycles. The fraction of sp³-hybridized carbons (Fsp3) is 0.150. The molecule has 0 saturated heterocycles. The highest BCUT2D eigenvalue weighted by Crippen LogP contribution is 2.48. The number of carbonyl (C=O) groups excluding carboxylic acids is 1. The Morgan fingerprint density at radius 3 is 2.29 bits per heavy atom. The highest BCUT2D eigenvalue weighted by Gasteiger charge is 2.34. The Balaban J connectivity index is 1.58. The molecule has 3 aromatic rings. The van der Waals surface area contributed by atoms with Gasteiger partial charge in [0.15, 0.2) is 0 Å². The standard InChI is InChI=1S/C20H17F2O4PS/c21-20(22)27(24,25)26-19-7-3-14(4-8-19)12-28-13-16-2-6-17-5-1-15(11-23)9-18(17)10-16/h1-11,20H,12-13H2,(H,24,25). The van der Waals surface area contributed by atoms with E-state index in [1.54, 1.807) is 30.0 Å². The summed E-state index contributed by atoms with van der Waals surface area (Å²) >= 11 is 1.67. The molecule has 4 nitrogen and oxygen atoms in total. The largest absolute Gasteiger partial charge is 0.442 e. The Kier molecular flexibility index (Phi) is 6.50. The predicted octanol–water partition coefficient (Wildman–Crippen LogP) is 5.87. The molecular formula is C20H17F2O4PS. The van der Waals surface area contributed by atoms with Crippen LogP contribution in [0.5, 0.6) is 5.75 Å². The third-order valence-corrected chi connectivity index (χ3v) is 6.05. The summed E-state index contributed by atoms with van der Waals surface area (Å²) in [7, 11) is -4.95. The van der Waals surface area contributed by atoms with E-state index >= 15 is 0 Å². The predicted molar refractivity (Wildman–Crippen MR) is 107 cm³/mol. The number of alkyl halides is 2. The molecule has 1 unspecified atom stereocenters. The number of carbonyl (C=O) groups is 1. The maximum atomic E-state index is 12.4. The molecule has 0 fully saturated rings. The number of thioether (sulfide) groups is 1. The molecule has 0 spiro atoms. The zero-order chi connectivity index (χ0) is 20.1. The maximum Gasteiger partial charge on any atom is 0.442 e. The third kappa shape index (κ3) is 5.19. The molecule has 1 atom stereocenters. The Labute approximate surface area is 165 Å². The minimum atomic E-state index is -4.95. The normalized spacial score (nSPS) is 13.4. The topological polar surface area (TPSA) is 63.6 Å². The van der Waals surface area contributed by atoms with Gasteiger partial charge in [-0.05, 0) is 40.1 Å². The Morgan fingerprint density at radius 2 is 1.61 bits per heavy atom. The van der Waals surface area contributed by atoms with Crippen molar-refractivity contribution in [3.63, 3.8) is 0 Å². The van der Waals surface area contributed by atoms with E-state index in [1.807, 2.05) is 24.3 Å². The van der Waals surface area contributed by atoms with Crippen molar-refractivity contribution in [2.45, 2.75) is 17.7 Å². The third-order valence-electron chi connectivity index (χ3n) is 4.01. The average Bonchev–Trinajstić information content (AvgIpc) is 2.68. The summed E-state index contributed by atoms with van der Waals surface area (Å²) in [5.41, 5.74) is 2.70. The second kappa shape index (κ2) is 8.86. The molecule has 3 rings (SSSR count). The van der Waals surface area contributed by atoms with Gasteiger partial charge in [0.2, 0.25) is 0 Å². The number of halogens is 2. The molecule has 0 aliphatic rings. The van der Waals surface area contributed by atoms with Gasteiger partial charge in [0, 0.05) is 17.1 Å². The summed E-state index contributed by atoms with van der Waals surface area (Å²) in [5, 5.41) is 2.08. The van der Waals surface area contributed by atoms with E-state index in [0.717, 1.165) is 33.9 Å². The van der Waals surface area contributed by atoms with Crippen LogP contribution in [0.2, 0.25) is 0 Å². The van der Waals surface area contributed by atoms with Crippen LogP contribution in [0.4, 0.5) is 8.78 Å². The highest BCUT2D eigenvalue weighted by molar-refractivity contribution is 7.97. The van der Waals surface area contributed by atoms with Gasteiger partial charge in [-0.25, -0.2) is 4.57 Å². The molecule has 0 aromatic heterocycles. The summed E-state index contributed by atoms with van der Waals surface area (Å²) < 4.78 is 40.4. The molecule has 146 valence electrons. The molecule has 3 aromatic carbocycles. The molecule has 0 bridgehead atoms. The lowest BCUT2D eigenvalue weighted by molar-refractivity contribution is 0.112. The molecule has 1 N–H and O–H groups in total. The summed E-state index contributed by atoms with van der Waals surface area (Å²) in [6.07, 6.45) is -2.61. The minimum absolute atomic E-state index is 0.0691. The second-order valence-corrected chi connectivity index (χ2v) is 8.82. The molecule has 0 heterocycles. The Morgan fingerprint density at radius 1 is 0.964 bits per heavy atom. The van der Waals surface area contributed by atoms with Crippen LogP contribution in [0, 0.1) is 0 Å². The molecule has 28 heavy (non-hydrogen) atoms. The lowest BCUT2D eigenvalue weighted by Gasteiger charge is -2.12. The first-order chi connectivity index (χ1) is 13.4. The summed E-state index contributed by atoms with van der Waals surface area (Å²) in [6.45, 7) is 0. The fourth-order valence-corrected chi connectivity index (χ4v) is 4.05. The number of hydrogen-bond acceptors (Lipinski definition) is 4. The van der Waals surface area contributed by atoms with Gasteiger partial charge in [-0.1, -0.05) is 42.5 Å². The van der Waals surface area contributed by atoms with Crippen molar-refractivity contribution in [1.29, 1.82) is 0 Å². The zero-order valence-electron chi connectivity index (χ0n) is 14.6. The van der Waals surface area contributed by atoms with Gasteiger partial charge >= 0.3 is 13.8 Å². The number of fused-ring (bicyclic) bond motifs is 1. The first kappa shape index (κ1) is 20.5. The van der Waals surface area contributed by atoms with Crippen LogP contribution in [-0.2, 0) is 16.1 Å². The number of benzene rings is 3. The number of aldehydes is 1. The van der Waals surface area contributed by atoms with Crippen LogP contribution in [0.25, 0.3) is 10.8 Å². The summed E-state index contributed by atoms with van der Waals surface area (Å²) in [5.74, 6) is 1.37. The highest BCUT2D eigenvalue weighted by atomic mass is 32.2. The molecule has 0 aliphatic carbocycles. The van der Waals surface area contributed by atoms with Gasteiger partial charge in [-0.3, -0.25) is 4.79 Å². The van der Waals surface area contributed by atoms with Gasteiger partial charge in [0.05, 0.1) is 0 Å². The first-order valence-corrected chi connectivity index (χ1v) is 11.1. The molecular weight excluding hydrogens is 405 g/mol. The van der Waals surface area contributed by atoms with Crippen molar-refractivity contribution in [3.05, 3.63) is 77.4 Å². The van der Waals surface area contributed by atoms with Gasteiger partial charge in [-0.15, -0.1) is 0 Å². The van der Waals surface area contributed by atoms with E-state index in [0.29, 0.717) is 11.3 Å². The van der Waals surface area contributed by atoms with Crippen molar-refractivity contribution in [1.82, 2.24) is 0 Å². The monoisotopic (exact) mass is 422 g/mol. The molecule has 0 amide bonds. The fourth-order valence-electron chi connectivity index (χ4n) is 2.60. The Hall–Kier alpha value is -2.21. The van der Waals surface area contributed by atoms with E-state index in [-0.39, 0.29) is 5.75 Å². The van der Waals surface area contributed by atoms with Gasteiger partial charge in [0.25, 0.3) is 0 Å². The van der Waals surface area contributed by atoms with Crippen LogP contribution in [0.15, 0.2) is 60.7 Å². The lowest BCUT2D eigenvalue weighted by atomic mass is 10.1. The van der Waals surface area contributed by atoms with Crippen molar-refractivity contribution in [2.75, 3.05) is 0 Å². The SMILES string of the molecule is O=Cc1ccc2ccc(CSCc3ccc(OP(=O)(O)C(F)F)cc3)cc2c1. The van der Waals surface area contributed by atoms with Crippen LogP contribution in [-0.4, -0.2) is 17.3 Å². The van der Waals surface area contributed by atoms with Crippen molar-refractivity contribution in [3.8, 4) is 5.75 Å². The zero-order valence-corrected chi connectivity index (χ0v) is 16.3. The maximum absolute atomic E-state index is 12.4. The smallest absolute Gasteiger partial charge is 0.421 e. The van der Waals surface area contributed by atoms with Crippen molar-refractivity contribution >= 4 is 36.4 Å². The van der Waals surface area contributed by atoms with E-state index < -0.39 is 13.8 Å². The summed E-state index contributed by atoms with van der Waals surface area (Å²) in [4.78, 5) is 20.0.